The van der Waals surface area contributed by atoms with Crippen LogP contribution in [0, 0.1) is 17.3 Å². The van der Waals surface area contributed by atoms with Crippen LogP contribution in [-0.4, -0.2) is 46.0 Å². The van der Waals surface area contributed by atoms with Crippen molar-refractivity contribution in [2.75, 3.05) is 11.5 Å². The second kappa shape index (κ2) is 11.4. The van der Waals surface area contributed by atoms with Gasteiger partial charge in [0.2, 0.25) is 0 Å². The van der Waals surface area contributed by atoms with Crippen molar-refractivity contribution in [3.8, 4) is 0 Å². The van der Waals surface area contributed by atoms with Crippen molar-refractivity contribution in [2.45, 2.75) is 84.0 Å². The predicted molar refractivity (Wildman–Crippen MR) is 117 cm³/mol. The van der Waals surface area contributed by atoms with Crippen molar-refractivity contribution in [3.63, 3.8) is 0 Å². The number of carboxylic acids is 1. The van der Waals surface area contributed by atoms with E-state index in [4.69, 9.17) is 9.84 Å². The Morgan fingerprint density at radius 1 is 1.29 bits per heavy atom. The molecule has 0 spiro atoms. The molecule has 0 aromatic carbocycles. The van der Waals surface area contributed by atoms with Gasteiger partial charge in [0.1, 0.15) is 0 Å². The third-order valence-corrected chi connectivity index (χ3v) is 7.28. The fourth-order valence-electron chi connectivity index (χ4n) is 4.45. The molecule has 2 saturated heterocycles. The monoisotopic (exact) mass is 410 g/mol. The summed E-state index contributed by atoms with van der Waals surface area (Å²) in [6.45, 7) is 6.50. The Labute approximate surface area is 174 Å². The van der Waals surface area contributed by atoms with Crippen molar-refractivity contribution in [1.29, 1.82) is 0 Å². The maximum absolute atomic E-state index is 10.7. The molecule has 160 valence electrons. The van der Waals surface area contributed by atoms with Gasteiger partial charge in [0.15, 0.2) is 0 Å². The SMILES string of the molecule is CCCCC(C)(C)C(O)C=C[C@H]1[C@@H](CCCSCC=CC(=O)O)[C@H]2CC[C@@H]1O2. The molecule has 4 nitrogen and oxygen atoms in total. The van der Waals surface area contributed by atoms with E-state index in [-0.39, 0.29) is 5.41 Å². The first-order valence-corrected chi connectivity index (χ1v) is 12.0. The number of aliphatic hydroxyl groups excluding tert-OH is 1. The van der Waals surface area contributed by atoms with Gasteiger partial charge in [0.05, 0.1) is 18.3 Å². The van der Waals surface area contributed by atoms with Crippen molar-refractivity contribution in [3.05, 3.63) is 24.3 Å². The predicted octanol–water partition coefficient (Wildman–Crippen LogP) is 5.07. The average molecular weight is 411 g/mol. The summed E-state index contributed by atoms with van der Waals surface area (Å²) >= 11 is 1.78. The summed E-state index contributed by atoms with van der Waals surface area (Å²) in [5, 5.41) is 19.3. The van der Waals surface area contributed by atoms with Crippen molar-refractivity contribution in [2.24, 2.45) is 17.3 Å². The van der Waals surface area contributed by atoms with E-state index in [9.17, 15) is 9.90 Å². The van der Waals surface area contributed by atoms with Crippen molar-refractivity contribution >= 4 is 17.7 Å². The third kappa shape index (κ3) is 6.93. The molecule has 2 rings (SSSR count). The maximum Gasteiger partial charge on any atom is 0.328 e. The molecule has 0 aromatic rings. The highest BCUT2D eigenvalue weighted by molar-refractivity contribution is 7.99. The number of thioether (sulfide) groups is 1. The van der Waals surface area contributed by atoms with E-state index in [1.807, 2.05) is 6.08 Å². The normalized spacial score (nSPS) is 28.6. The lowest BCUT2D eigenvalue weighted by molar-refractivity contribution is -0.131. The number of aliphatic hydroxyl groups is 1. The van der Waals surface area contributed by atoms with E-state index in [1.165, 1.54) is 12.5 Å². The number of carbonyl (C=O) groups is 1. The molecule has 0 amide bonds. The van der Waals surface area contributed by atoms with Crippen molar-refractivity contribution < 1.29 is 19.7 Å². The summed E-state index contributed by atoms with van der Waals surface area (Å²) in [5.41, 5.74) is -0.0827. The number of fused-ring (bicyclic) bond motifs is 2. The minimum atomic E-state index is -0.880. The molecule has 0 aliphatic carbocycles. The third-order valence-electron chi connectivity index (χ3n) is 6.28. The van der Waals surface area contributed by atoms with E-state index >= 15 is 0 Å². The first-order valence-electron chi connectivity index (χ1n) is 10.8. The molecule has 0 radical (unpaired) electrons. The summed E-state index contributed by atoms with van der Waals surface area (Å²) in [6, 6.07) is 0. The molecule has 0 aromatic heterocycles. The van der Waals surface area contributed by atoms with Crippen LogP contribution in [0.4, 0.5) is 0 Å². The van der Waals surface area contributed by atoms with Gasteiger partial charge in [-0.3, -0.25) is 0 Å². The number of rotatable bonds is 13. The highest BCUT2D eigenvalue weighted by atomic mass is 32.2. The Morgan fingerprint density at radius 3 is 2.75 bits per heavy atom. The molecule has 0 saturated carbocycles. The smallest absolute Gasteiger partial charge is 0.328 e. The zero-order valence-electron chi connectivity index (χ0n) is 17.7. The molecular formula is C23H38O4S. The highest BCUT2D eigenvalue weighted by Crippen LogP contribution is 2.46. The van der Waals surface area contributed by atoms with Crippen LogP contribution in [0.5, 0.6) is 0 Å². The molecule has 2 N–H and O–H groups in total. The second-order valence-corrected chi connectivity index (χ2v) is 10.1. The van der Waals surface area contributed by atoms with E-state index in [0.717, 1.165) is 50.0 Å². The van der Waals surface area contributed by atoms with Crippen molar-refractivity contribution in [1.82, 2.24) is 0 Å². The Hall–Kier alpha value is -0.780. The van der Waals surface area contributed by atoms with Gasteiger partial charge in [-0.25, -0.2) is 4.79 Å². The maximum atomic E-state index is 10.7. The van der Waals surface area contributed by atoms with Crippen LogP contribution in [0.1, 0.15) is 65.7 Å². The Kier molecular flexibility index (Phi) is 9.58. The lowest BCUT2D eigenvalue weighted by Crippen LogP contribution is -2.29. The fourth-order valence-corrected chi connectivity index (χ4v) is 5.22. The lowest BCUT2D eigenvalue weighted by atomic mass is 9.75. The average Bonchev–Trinajstić information content (AvgIpc) is 3.25. The number of hydrogen-bond donors (Lipinski definition) is 2. The molecule has 28 heavy (non-hydrogen) atoms. The summed E-state index contributed by atoms with van der Waals surface area (Å²) < 4.78 is 6.19. The Balaban J connectivity index is 1.81. The van der Waals surface area contributed by atoms with Crippen LogP contribution in [0.15, 0.2) is 24.3 Å². The Morgan fingerprint density at radius 2 is 2.04 bits per heavy atom. The van der Waals surface area contributed by atoms with Gasteiger partial charge in [-0.1, -0.05) is 51.8 Å². The second-order valence-electron chi connectivity index (χ2n) is 8.91. The van der Waals surface area contributed by atoms with E-state index in [0.29, 0.717) is 24.0 Å². The molecule has 5 atom stereocenters. The molecule has 1 unspecified atom stereocenters. The number of aliphatic carboxylic acids is 1. The fraction of sp³-hybridized carbons (Fsp3) is 0.783. The molecule has 2 bridgehead atoms. The summed E-state index contributed by atoms with van der Waals surface area (Å²) in [4.78, 5) is 10.5. The van der Waals surface area contributed by atoms with Gasteiger partial charge in [-0.15, -0.1) is 0 Å². The molecule has 2 fully saturated rings. The number of carboxylic acid groups (broad SMARTS) is 1. The topological polar surface area (TPSA) is 66.8 Å². The van der Waals surface area contributed by atoms with Crippen LogP contribution >= 0.6 is 11.8 Å². The highest BCUT2D eigenvalue weighted by Gasteiger charge is 2.47. The summed E-state index contributed by atoms with van der Waals surface area (Å²) in [6.07, 6.45) is 15.4. The van der Waals surface area contributed by atoms with Crippen LogP contribution in [0.2, 0.25) is 0 Å². The van der Waals surface area contributed by atoms with Gasteiger partial charge >= 0.3 is 5.97 Å². The van der Waals surface area contributed by atoms with Crippen LogP contribution in [0.3, 0.4) is 0 Å². The molecule has 2 heterocycles. The first kappa shape index (κ1) is 23.5. The number of hydrogen-bond acceptors (Lipinski definition) is 4. The van der Waals surface area contributed by atoms with Crippen LogP contribution in [0.25, 0.3) is 0 Å². The van der Waals surface area contributed by atoms with Gasteiger partial charge in [-0.2, -0.15) is 11.8 Å². The molecule has 5 heteroatoms. The van der Waals surface area contributed by atoms with Gasteiger partial charge in [0, 0.05) is 17.7 Å². The number of ether oxygens (including phenoxy) is 1. The largest absolute Gasteiger partial charge is 0.478 e. The van der Waals surface area contributed by atoms with E-state index < -0.39 is 12.1 Å². The zero-order chi connectivity index (χ0) is 20.6. The molecular weight excluding hydrogens is 372 g/mol. The lowest BCUT2D eigenvalue weighted by Gasteiger charge is -2.30. The first-order chi connectivity index (χ1) is 13.3. The minimum Gasteiger partial charge on any atom is -0.478 e. The van der Waals surface area contributed by atoms with Crippen LogP contribution in [-0.2, 0) is 9.53 Å². The van der Waals surface area contributed by atoms with Gasteiger partial charge in [0.25, 0.3) is 0 Å². The van der Waals surface area contributed by atoms with Gasteiger partial charge in [-0.05, 0) is 49.2 Å². The van der Waals surface area contributed by atoms with E-state index in [2.05, 4.69) is 26.8 Å². The zero-order valence-corrected chi connectivity index (χ0v) is 18.5. The van der Waals surface area contributed by atoms with E-state index in [1.54, 1.807) is 17.8 Å². The summed E-state index contributed by atoms with van der Waals surface area (Å²) in [7, 11) is 0. The Bertz CT molecular complexity index is 543. The van der Waals surface area contributed by atoms with Crippen LogP contribution < -0.4 is 0 Å². The number of unbranched alkanes of at least 4 members (excludes halogenated alkanes) is 1. The minimum absolute atomic E-state index is 0.0827. The molecule has 2 aliphatic rings. The van der Waals surface area contributed by atoms with Gasteiger partial charge < -0.3 is 14.9 Å². The standard InChI is InChI=1S/C23H38O4S/c1-4-5-14-23(2,3)21(24)13-10-18-17(19-11-12-20(18)27-19)8-6-15-28-16-7-9-22(25)26/h7,9-10,13,17-21,24H,4-6,8,11-12,14-16H2,1-3H3,(H,25,26)/t17-,18+,19-,20+,21?/m1/s1. The summed E-state index contributed by atoms with van der Waals surface area (Å²) in [5.74, 6) is 1.89. The molecule has 2 aliphatic heterocycles. The quantitative estimate of drug-likeness (QED) is 0.252.